The zero-order valence-electron chi connectivity index (χ0n) is 8.25. The van der Waals surface area contributed by atoms with E-state index in [1.54, 1.807) is 6.07 Å². The van der Waals surface area contributed by atoms with Gasteiger partial charge in [0.15, 0.2) is 0 Å². The smallest absolute Gasteiger partial charge is 0.336 e. The van der Waals surface area contributed by atoms with Crippen LogP contribution < -0.4 is 0 Å². The Hall–Kier alpha value is -1.34. The molecule has 0 radical (unpaired) electrons. The summed E-state index contributed by atoms with van der Waals surface area (Å²) in [7, 11) is 0. The van der Waals surface area contributed by atoms with E-state index in [4.69, 9.17) is 10.4 Å². The lowest BCUT2D eigenvalue weighted by Gasteiger charge is -2.07. The molecule has 0 aliphatic heterocycles. The van der Waals surface area contributed by atoms with E-state index >= 15 is 0 Å². The van der Waals surface area contributed by atoms with Crippen molar-refractivity contribution in [1.29, 1.82) is 5.26 Å². The lowest BCUT2D eigenvalue weighted by atomic mass is 9.98. The highest BCUT2D eigenvalue weighted by Crippen LogP contribution is 2.19. The largest absolute Gasteiger partial charge is 0.478 e. The number of nitrogens with zero attached hydrogens (tertiary/aromatic N) is 1. The number of nitriles is 1. The fourth-order valence-corrected chi connectivity index (χ4v) is 1.87. The van der Waals surface area contributed by atoms with Gasteiger partial charge in [-0.15, -0.1) is 0 Å². The Bertz CT molecular complexity index is 435. The van der Waals surface area contributed by atoms with Crippen molar-refractivity contribution in [2.45, 2.75) is 18.7 Å². The standard InChI is InChI=1S/C11H10BrNO2/c1-2-7-3-8(5-12)9(6-13)4-10(7)11(14)15/h3-4H,2,5H2,1H3,(H,14,15). The number of aryl methyl sites for hydroxylation is 1. The van der Waals surface area contributed by atoms with Crippen LogP contribution in [0.25, 0.3) is 0 Å². The van der Waals surface area contributed by atoms with Crippen molar-refractivity contribution in [3.8, 4) is 6.07 Å². The van der Waals surface area contributed by atoms with Crippen LogP contribution in [0.15, 0.2) is 12.1 Å². The number of rotatable bonds is 3. The second-order valence-corrected chi connectivity index (χ2v) is 3.63. The summed E-state index contributed by atoms with van der Waals surface area (Å²) in [5.41, 5.74) is 2.23. The summed E-state index contributed by atoms with van der Waals surface area (Å²) >= 11 is 3.28. The zero-order valence-corrected chi connectivity index (χ0v) is 9.84. The van der Waals surface area contributed by atoms with E-state index in [-0.39, 0.29) is 5.56 Å². The molecule has 0 atom stereocenters. The third-order valence-electron chi connectivity index (χ3n) is 2.20. The highest BCUT2D eigenvalue weighted by Gasteiger charge is 2.12. The van der Waals surface area contributed by atoms with Crippen LogP contribution in [-0.4, -0.2) is 11.1 Å². The van der Waals surface area contributed by atoms with Crippen molar-refractivity contribution >= 4 is 21.9 Å². The number of aromatic carboxylic acids is 1. The average Bonchev–Trinajstić information content (AvgIpc) is 2.26. The van der Waals surface area contributed by atoms with Crippen LogP contribution in [0.1, 0.15) is 34.0 Å². The predicted octanol–water partition coefficient (Wildman–Crippen LogP) is 2.71. The van der Waals surface area contributed by atoms with E-state index in [9.17, 15) is 4.79 Å². The van der Waals surface area contributed by atoms with Crippen molar-refractivity contribution in [2.24, 2.45) is 0 Å². The summed E-state index contributed by atoms with van der Waals surface area (Å²) in [5, 5.41) is 18.4. The van der Waals surface area contributed by atoms with Gasteiger partial charge in [-0.05, 0) is 23.6 Å². The average molecular weight is 268 g/mol. The summed E-state index contributed by atoms with van der Waals surface area (Å²) < 4.78 is 0. The molecule has 4 heteroatoms. The van der Waals surface area contributed by atoms with Gasteiger partial charge >= 0.3 is 5.97 Å². The van der Waals surface area contributed by atoms with E-state index in [0.29, 0.717) is 17.3 Å². The number of halogens is 1. The van der Waals surface area contributed by atoms with Gasteiger partial charge in [0.05, 0.1) is 17.2 Å². The van der Waals surface area contributed by atoms with Crippen molar-refractivity contribution in [2.75, 3.05) is 0 Å². The Kier molecular flexibility index (Phi) is 3.87. The van der Waals surface area contributed by atoms with Crippen LogP contribution in [0.2, 0.25) is 0 Å². The van der Waals surface area contributed by atoms with Crippen LogP contribution in [0.4, 0.5) is 0 Å². The Morgan fingerprint density at radius 3 is 2.60 bits per heavy atom. The Morgan fingerprint density at radius 1 is 1.53 bits per heavy atom. The highest BCUT2D eigenvalue weighted by atomic mass is 79.9. The lowest BCUT2D eigenvalue weighted by molar-refractivity contribution is 0.0695. The molecule has 0 aromatic heterocycles. The molecule has 1 N–H and O–H groups in total. The van der Waals surface area contributed by atoms with Gasteiger partial charge in [-0.3, -0.25) is 0 Å². The van der Waals surface area contributed by atoms with Crippen LogP contribution in [0, 0.1) is 11.3 Å². The van der Waals surface area contributed by atoms with Gasteiger partial charge in [-0.25, -0.2) is 4.79 Å². The molecule has 0 amide bonds. The highest BCUT2D eigenvalue weighted by molar-refractivity contribution is 9.08. The van der Waals surface area contributed by atoms with E-state index in [1.807, 2.05) is 13.0 Å². The molecule has 0 bridgehead atoms. The van der Waals surface area contributed by atoms with Gasteiger partial charge in [-0.2, -0.15) is 5.26 Å². The monoisotopic (exact) mass is 267 g/mol. The van der Waals surface area contributed by atoms with Crippen LogP contribution in [-0.2, 0) is 11.8 Å². The molecular weight excluding hydrogens is 258 g/mol. The first-order valence-corrected chi connectivity index (χ1v) is 5.61. The second-order valence-electron chi connectivity index (χ2n) is 3.07. The minimum Gasteiger partial charge on any atom is -0.478 e. The Morgan fingerprint density at radius 2 is 2.20 bits per heavy atom. The van der Waals surface area contributed by atoms with E-state index in [1.165, 1.54) is 6.07 Å². The fourth-order valence-electron chi connectivity index (χ4n) is 1.40. The third kappa shape index (κ3) is 2.37. The molecule has 0 saturated heterocycles. The number of alkyl halides is 1. The first-order chi connectivity index (χ1) is 7.13. The number of carboxylic acids is 1. The summed E-state index contributed by atoms with van der Waals surface area (Å²) in [6.07, 6.45) is 0.646. The predicted molar refractivity (Wildman–Crippen MR) is 60.1 cm³/mol. The molecule has 1 aromatic carbocycles. The van der Waals surface area contributed by atoms with Crippen molar-refractivity contribution in [1.82, 2.24) is 0 Å². The van der Waals surface area contributed by atoms with Crippen molar-refractivity contribution in [3.05, 3.63) is 34.4 Å². The molecule has 1 aromatic rings. The van der Waals surface area contributed by atoms with Crippen LogP contribution >= 0.6 is 15.9 Å². The molecule has 3 nitrogen and oxygen atoms in total. The van der Waals surface area contributed by atoms with E-state index < -0.39 is 5.97 Å². The minimum atomic E-state index is -0.982. The first-order valence-electron chi connectivity index (χ1n) is 4.49. The summed E-state index contributed by atoms with van der Waals surface area (Å²) in [5.74, 6) is -0.982. The SMILES string of the molecule is CCc1cc(CBr)c(C#N)cc1C(=O)O. The molecule has 0 unspecified atom stereocenters. The molecule has 0 aliphatic carbocycles. The second kappa shape index (κ2) is 4.94. The Balaban J connectivity index is 3.42. The number of carbonyl (C=O) groups is 1. The molecule has 0 fully saturated rings. The normalized spacial score (nSPS) is 9.67. The van der Waals surface area contributed by atoms with Gasteiger partial charge in [0.25, 0.3) is 0 Å². The van der Waals surface area contributed by atoms with Crippen LogP contribution in [0.3, 0.4) is 0 Å². The number of hydrogen-bond donors (Lipinski definition) is 1. The number of carboxylic acid groups (broad SMARTS) is 1. The van der Waals surface area contributed by atoms with Crippen molar-refractivity contribution < 1.29 is 9.90 Å². The van der Waals surface area contributed by atoms with Gasteiger partial charge in [-0.1, -0.05) is 28.9 Å². The van der Waals surface area contributed by atoms with E-state index in [2.05, 4.69) is 15.9 Å². The molecule has 78 valence electrons. The summed E-state index contributed by atoms with van der Waals surface area (Å²) in [6.45, 7) is 1.89. The minimum absolute atomic E-state index is 0.221. The quantitative estimate of drug-likeness (QED) is 0.857. The number of benzene rings is 1. The van der Waals surface area contributed by atoms with Crippen molar-refractivity contribution in [3.63, 3.8) is 0 Å². The molecule has 0 aliphatic rings. The lowest BCUT2D eigenvalue weighted by Crippen LogP contribution is -2.04. The van der Waals surface area contributed by atoms with Gasteiger partial charge in [0, 0.05) is 5.33 Å². The van der Waals surface area contributed by atoms with Gasteiger partial charge in [0.2, 0.25) is 0 Å². The Labute approximate surface area is 96.5 Å². The summed E-state index contributed by atoms with van der Waals surface area (Å²) in [4.78, 5) is 10.9. The summed E-state index contributed by atoms with van der Waals surface area (Å²) in [6, 6.07) is 5.22. The van der Waals surface area contributed by atoms with Crippen LogP contribution in [0.5, 0.6) is 0 Å². The molecule has 1 rings (SSSR count). The zero-order chi connectivity index (χ0) is 11.4. The molecule has 0 saturated carbocycles. The maximum atomic E-state index is 10.9. The first kappa shape index (κ1) is 11.7. The van der Waals surface area contributed by atoms with Gasteiger partial charge in [0.1, 0.15) is 0 Å². The molecular formula is C11H10BrNO2. The molecule has 0 heterocycles. The van der Waals surface area contributed by atoms with E-state index in [0.717, 1.165) is 11.1 Å². The molecule has 0 spiro atoms. The fraction of sp³-hybridized carbons (Fsp3) is 0.273. The maximum absolute atomic E-state index is 10.9. The molecule has 15 heavy (non-hydrogen) atoms. The van der Waals surface area contributed by atoms with Gasteiger partial charge < -0.3 is 5.11 Å². The maximum Gasteiger partial charge on any atom is 0.336 e. The third-order valence-corrected chi connectivity index (χ3v) is 2.81. The topological polar surface area (TPSA) is 61.1 Å². The number of hydrogen-bond acceptors (Lipinski definition) is 2.